The molecule has 2 N–H and O–H groups in total. The van der Waals surface area contributed by atoms with Gasteiger partial charge in [-0.1, -0.05) is 43.7 Å². The zero-order chi connectivity index (χ0) is 10.4. The third-order valence-corrected chi connectivity index (χ3v) is 2.37. The molecule has 0 bridgehead atoms. The molecule has 0 saturated heterocycles. The summed E-state index contributed by atoms with van der Waals surface area (Å²) in [5.41, 5.74) is 9.41. The molecule has 1 aromatic rings. The standard InChI is InChI=1S/C13H19N/c1-3-4-12-5-7-13(8-6-12)11(2)9-10-14/h5-9H,3-4,10,14H2,1-2H3. The number of aryl methyl sites for hydroxylation is 1. The average molecular weight is 189 g/mol. The van der Waals surface area contributed by atoms with Gasteiger partial charge in [0.15, 0.2) is 0 Å². The molecule has 1 aromatic carbocycles. The fraction of sp³-hybridized carbons (Fsp3) is 0.385. The Morgan fingerprint density at radius 3 is 2.43 bits per heavy atom. The maximum absolute atomic E-state index is 5.47. The quantitative estimate of drug-likeness (QED) is 0.774. The average Bonchev–Trinajstić information content (AvgIpc) is 2.20. The summed E-state index contributed by atoms with van der Waals surface area (Å²) in [6.45, 7) is 4.91. The van der Waals surface area contributed by atoms with Gasteiger partial charge < -0.3 is 5.73 Å². The Morgan fingerprint density at radius 1 is 1.29 bits per heavy atom. The Kier molecular flexibility index (Phi) is 4.41. The lowest BCUT2D eigenvalue weighted by molar-refractivity contribution is 0.921. The first-order chi connectivity index (χ1) is 6.77. The van der Waals surface area contributed by atoms with Crippen molar-refractivity contribution in [2.45, 2.75) is 26.7 Å². The van der Waals surface area contributed by atoms with E-state index in [9.17, 15) is 0 Å². The Labute approximate surface area is 86.6 Å². The SMILES string of the molecule is CCCc1ccc(C(C)=CCN)cc1. The van der Waals surface area contributed by atoms with Gasteiger partial charge in [-0.15, -0.1) is 0 Å². The summed E-state index contributed by atoms with van der Waals surface area (Å²) in [6.07, 6.45) is 4.42. The fourth-order valence-corrected chi connectivity index (χ4v) is 1.52. The highest BCUT2D eigenvalue weighted by Gasteiger charge is 1.95. The van der Waals surface area contributed by atoms with Crippen LogP contribution in [0.15, 0.2) is 30.3 Å². The first-order valence-electron chi connectivity index (χ1n) is 5.24. The minimum Gasteiger partial charge on any atom is -0.327 e. The lowest BCUT2D eigenvalue weighted by atomic mass is 10.0. The van der Waals surface area contributed by atoms with E-state index in [4.69, 9.17) is 5.73 Å². The molecule has 0 radical (unpaired) electrons. The van der Waals surface area contributed by atoms with Gasteiger partial charge in [0.1, 0.15) is 0 Å². The van der Waals surface area contributed by atoms with Crippen LogP contribution in [0.3, 0.4) is 0 Å². The van der Waals surface area contributed by atoms with Crippen LogP contribution in [0.1, 0.15) is 31.4 Å². The van der Waals surface area contributed by atoms with Crippen molar-refractivity contribution in [2.24, 2.45) is 5.73 Å². The Balaban J connectivity index is 2.77. The number of allylic oxidation sites excluding steroid dienone is 1. The molecule has 0 aliphatic rings. The van der Waals surface area contributed by atoms with Crippen molar-refractivity contribution < 1.29 is 0 Å². The second-order valence-corrected chi connectivity index (χ2v) is 3.57. The molecule has 0 amide bonds. The van der Waals surface area contributed by atoms with E-state index >= 15 is 0 Å². The van der Waals surface area contributed by atoms with Crippen LogP contribution in [0.5, 0.6) is 0 Å². The highest BCUT2D eigenvalue weighted by Crippen LogP contribution is 2.14. The van der Waals surface area contributed by atoms with Gasteiger partial charge in [-0.3, -0.25) is 0 Å². The number of benzene rings is 1. The van der Waals surface area contributed by atoms with E-state index in [1.165, 1.54) is 29.5 Å². The van der Waals surface area contributed by atoms with E-state index in [0.29, 0.717) is 6.54 Å². The Morgan fingerprint density at radius 2 is 1.93 bits per heavy atom. The number of rotatable bonds is 4. The normalized spacial score (nSPS) is 11.8. The van der Waals surface area contributed by atoms with E-state index in [1.54, 1.807) is 0 Å². The molecule has 0 fully saturated rings. The summed E-state index contributed by atoms with van der Waals surface area (Å²) in [7, 11) is 0. The lowest BCUT2D eigenvalue weighted by Crippen LogP contribution is -1.94. The zero-order valence-electron chi connectivity index (χ0n) is 9.09. The number of hydrogen-bond donors (Lipinski definition) is 1. The van der Waals surface area contributed by atoms with Crippen LogP contribution >= 0.6 is 0 Å². The van der Waals surface area contributed by atoms with Crippen LogP contribution in [0.4, 0.5) is 0 Å². The molecular formula is C13H19N. The van der Waals surface area contributed by atoms with Gasteiger partial charge in [-0.05, 0) is 30.0 Å². The second-order valence-electron chi connectivity index (χ2n) is 3.57. The molecule has 0 unspecified atom stereocenters. The molecule has 1 nitrogen and oxygen atoms in total. The molecule has 1 rings (SSSR count). The first-order valence-corrected chi connectivity index (χ1v) is 5.24. The first kappa shape index (κ1) is 11.0. The number of nitrogens with two attached hydrogens (primary N) is 1. The Bertz CT molecular complexity index is 296. The zero-order valence-corrected chi connectivity index (χ0v) is 9.09. The summed E-state index contributed by atoms with van der Waals surface area (Å²) in [4.78, 5) is 0. The van der Waals surface area contributed by atoms with Gasteiger partial charge in [-0.25, -0.2) is 0 Å². The third kappa shape index (κ3) is 3.00. The summed E-state index contributed by atoms with van der Waals surface area (Å²) in [5.74, 6) is 0. The molecule has 1 heteroatoms. The van der Waals surface area contributed by atoms with Crippen molar-refractivity contribution in [3.05, 3.63) is 41.5 Å². The summed E-state index contributed by atoms with van der Waals surface area (Å²) >= 11 is 0. The van der Waals surface area contributed by atoms with E-state index in [2.05, 4.69) is 44.2 Å². The van der Waals surface area contributed by atoms with Gasteiger partial charge in [-0.2, -0.15) is 0 Å². The van der Waals surface area contributed by atoms with Crippen molar-refractivity contribution in [1.29, 1.82) is 0 Å². The number of hydrogen-bond acceptors (Lipinski definition) is 1. The molecule has 0 aliphatic heterocycles. The monoisotopic (exact) mass is 189 g/mol. The van der Waals surface area contributed by atoms with Crippen molar-refractivity contribution >= 4 is 5.57 Å². The fourth-order valence-electron chi connectivity index (χ4n) is 1.52. The van der Waals surface area contributed by atoms with Crippen molar-refractivity contribution in [1.82, 2.24) is 0 Å². The molecule has 76 valence electrons. The Hall–Kier alpha value is -1.08. The van der Waals surface area contributed by atoms with E-state index in [1.807, 2.05) is 0 Å². The molecule has 0 spiro atoms. The van der Waals surface area contributed by atoms with Crippen LogP contribution in [0.2, 0.25) is 0 Å². The van der Waals surface area contributed by atoms with E-state index in [0.717, 1.165) is 0 Å². The van der Waals surface area contributed by atoms with Gasteiger partial charge in [0.2, 0.25) is 0 Å². The van der Waals surface area contributed by atoms with Crippen molar-refractivity contribution in [2.75, 3.05) is 6.54 Å². The topological polar surface area (TPSA) is 26.0 Å². The van der Waals surface area contributed by atoms with E-state index < -0.39 is 0 Å². The van der Waals surface area contributed by atoms with Crippen LogP contribution in [-0.2, 0) is 6.42 Å². The van der Waals surface area contributed by atoms with Gasteiger partial charge >= 0.3 is 0 Å². The van der Waals surface area contributed by atoms with Crippen LogP contribution in [0.25, 0.3) is 5.57 Å². The maximum Gasteiger partial charge on any atom is 0.0112 e. The summed E-state index contributed by atoms with van der Waals surface area (Å²) in [6, 6.07) is 8.75. The van der Waals surface area contributed by atoms with Crippen LogP contribution < -0.4 is 5.73 Å². The van der Waals surface area contributed by atoms with Gasteiger partial charge in [0, 0.05) is 6.54 Å². The molecule has 0 heterocycles. The molecular weight excluding hydrogens is 170 g/mol. The van der Waals surface area contributed by atoms with Gasteiger partial charge in [0.25, 0.3) is 0 Å². The molecule has 0 aromatic heterocycles. The summed E-state index contributed by atoms with van der Waals surface area (Å²) in [5, 5.41) is 0. The molecule has 0 atom stereocenters. The minimum atomic E-state index is 0.614. The third-order valence-electron chi connectivity index (χ3n) is 2.37. The summed E-state index contributed by atoms with van der Waals surface area (Å²) < 4.78 is 0. The van der Waals surface area contributed by atoms with Crippen LogP contribution in [-0.4, -0.2) is 6.54 Å². The second kappa shape index (κ2) is 5.61. The van der Waals surface area contributed by atoms with Crippen molar-refractivity contribution in [3.63, 3.8) is 0 Å². The highest BCUT2D eigenvalue weighted by atomic mass is 14.5. The maximum atomic E-state index is 5.47. The van der Waals surface area contributed by atoms with Crippen LogP contribution in [0, 0.1) is 0 Å². The largest absolute Gasteiger partial charge is 0.327 e. The molecule has 14 heavy (non-hydrogen) atoms. The highest BCUT2D eigenvalue weighted by molar-refractivity contribution is 5.63. The predicted octanol–water partition coefficient (Wildman–Crippen LogP) is 3.00. The van der Waals surface area contributed by atoms with Crippen molar-refractivity contribution in [3.8, 4) is 0 Å². The van der Waals surface area contributed by atoms with Gasteiger partial charge in [0.05, 0.1) is 0 Å². The van der Waals surface area contributed by atoms with E-state index in [-0.39, 0.29) is 0 Å². The molecule has 0 aliphatic carbocycles. The minimum absolute atomic E-state index is 0.614. The molecule has 0 saturated carbocycles. The smallest absolute Gasteiger partial charge is 0.0112 e. The predicted molar refractivity (Wildman–Crippen MR) is 63.1 cm³/mol. The lowest BCUT2D eigenvalue weighted by Gasteiger charge is -2.03.